The van der Waals surface area contributed by atoms with Crippen molar-refractivity contribution in [3.05, 3.63) is 28.8 Å². The first-order valence-electron chi connectivity index (χ1n) is 4.54. The Bertz CT molecular complexity index is 462. The number of aromatic hydroxyl groups is 1. The van der Waals surface area contributed by atoms with Crippen LogP contribution in [0.2, 0.25) is 0 Å². The molecular weight excluding hydrogens is 275 g/mol. The zero-order valence-corrected chi connectivity index (χ0v) is 9.97. The summed E-state index contributed by atoms with van der Waals surface area (Å²) in [6, 6.07) is -0.336. The van der Waals surface area contributed by atoms with Gasteiger partial charge in [0.25, 0.3) is 0 Å². The van der Waals surface area contributed by atoms with Gasteiger partial charge in [-0.05, 0) is 18.6 Å². The van der Waals surface area contributed by atoms with Crippen LogP contribution in [0.15, 0.2) is 12.1 Å². The Morgan fingerprint density at radius 2 is 1.89 bits per heavy atom. The molecule has 0 amide bonds. The summed E-state index contributed by atoms with van der Waals surface area (Å²) in [6.45, 7) is 1.35. The number of carboxylic acids is 1. The van der Waals surface area contributed by atoms with Crippen molar-refractivity contribution in [2.24, 2.45) is 5.73 Å². The number of carbonyl (C=O) groups is 1. The lowest BCUT2D eigenvalue weighted by Gasteiger charge is -2.19. The highest BCUT2D eigenvalue weighted by molar-refractivity contribution is 5.90. The third-order valence-corrected chi connectivity index (χ3v) is 2.31. The van der Waals surface area contributed by atoms with Crippen molar-refractivity contribution in [2.45, 2.75) is 19.1 Å². The fraction of sp³-hybridized carbons (Fsp3) is 0.300. The van der Waals surface area contributed by atoms with Gasteiger partial charge in [-0.15, -0.1) is 12.4 Å². The summed E-state index contributed by atoms with van der Waals surface area (Å²) in [5.41, 5.74) is 3.59. The van der Waals surface area contributed by atoms with Gasteiger partial charge in [0.15, 0.2) is 0 Å². The monoisotopic (exact) mass is 285 g/mol. The molecular formula is C10H11ClF3NO3. The van der Waals surface area contributed by atoms with E-state index >= 15 is 0 Å². The van der Waals surface area contributed by atoms with Gasteiger partial charge in [-0.2, -0.15) is 13.2 Å². The van der Waals surface area contributed by atoms with Crippen LogP contribution in [0.3, 0.4) is 0 Å². The van der Waals surface area contributed by atoms with Crippen LogP contribution in [0.1, 0.15) is 27.5 Å². The number of halogens is 4. The third kappa shape index (κ3) is 3.05. The van der Waals surface area contributed by atoms with Crippen LogP contribution < -0.4 is 5.73 Å². The molecule has 0 aliphatic heterocycles. The van der Waals surface area contributed by atoms with Crippen molar-refractivity contribution in [2.75, 3.05) is 0 Å². The highest BCUT2D eigenvalue weighted by Gasteiger charge is 2.41. The molecule has 0 aromatic heterocycles. The first kappa shape index (κ1) is 16.5. The average molecular weight is 286 g/mol. The van der Waals surface area contributed by atoms with E-state index in [1.54, 1.807) is 0 Å². The summed E-state index contributed by atoms with van der Waals surface area (Å²) in [6.07, 6.45) is -4.82. The Morgan fingerprint density at radius 3 is 2.28 bits per heavy atom. The molecule has 0 bridgehead atoms. The Labute approximate surface area is 107 Å². The summed E-state index contributed by atoms with van der Waals surface area (Å²) in [4.78, 5) is 10.8. The lowest BCUT2D eigenvalue weighted by Crippen LogP contribution is -2.30. The lowest BCUT2D eigenvalue weighted by atomic mass is 9.96. The minimum absolute atomic E-state index is 0. The number of rotatable bonds is 2. The van der Waals surface area contributed by atoms with E-state index in [4.69, 9.17) is 10.8 Å². The normalized spacial score (nSPS) is 12.7. The van der Waals surface area contributed by atoms with E-state index in [2.05, 4.69) is 0 Å². The number of hydrogen-bond acceptors (Lipinski definition) is 3. The molecule has 0 unspecified atom stereocenters. The molecule has 102 valence electrons. The minimum Gasteiger partial charge on any atom is -0.507 e. The van der Waals surface area contributed by atoms with Gasteiger partial charge in [0.2, 0.25) is 0 Å². The van der Waals surface area contributed by atoms with Gasteiger partial charge < -0.3 is 15.9 Å². The number of phenols is 1. The second-order valence-electron chi connectivity index (χ2n) is 3.52. The van der Waals surface area contributed by atoms with E-state index in [-0.39, 0.29) is 18.0 Å². The second-order valence-corrected chi connectivity index (χ2v) is 3.52. The van der Waals surface area contributed by atoms with Crippen molar-refractivity contribution in [3.8, 4) is 5.75 Å². The first-order chi connectivity index (χ1) is 7.66. The van der Waals surface area contributed by atoms with E-state index in [1.165, 1.54) is 13.0 Å². The fourth-order valence-electron chi connectivity index (χ4n) is 1.38. The van der Waals surface area contributed by atoms with Gasteiger partial charge in [0.1, 0.15) is 11.8 Å². The predicted molar refractivity (Wildman–Crippen MR) is 60.0 cm³/mol. The highest BCUT2D eigenvalue weighted by atomic mass is 35.5. The molecule has 1 aromatic rings. The number of hydrogen-bond donors (Lipinski definition) is 3. The molecule has 0 aliphatic rings. The molecule has 0 saturated carbocycles. The Balaban J connectivity index is 0.00000289. The van der Waals surface area contributed by atoms with Gasteiger partial charge in [0.05, 0.1) is 5.56 Å². The smallest absolute Gasteiger partial charge is 0.407 e. The fourth-order valence-corrected chi connectivity index (χ4v) is 1.38. The van der Waals surface area contributed by atoms with Crippen LogP contribution >= 0.6 is 12.4 Å². The zero-order valence-electron chi connectivity index (χ0n) is 9.15. The summed E-state index contributed by atoms with van der Waals surface area (Å²) in [7, 11) is 0. The third-order valence-electron chi connectivity index (χ3n) is 2.31. The van der Waals surface area contributed by atoms with Crippen LogP contribution in [0.5, 0.6) is 5.75 Å². The second kappa shape index (κ2) is 5.45. The molecule has 4 N–H and O–H groups in total. The standard InChI is InChI=1S/C10H10F3NO3.ClH/c1-4-2-3-5(9(16)17)6(7(4)15)8(14)10(11,12)13;/h2-3,8,15H,14H2,1H3,(H,16,17);1H/t8-;/m1./s1. The Morgan fingerprint density at radius 1 is 1.39 bits per heavy atom. The topological polar surface area (TPSA) is 83.5 Å². The van der Waals surface area contributed by atoms with E-state index < -0.39 is 35.1 Å². The SMILES string of the molecule is Cc1ccc(C(=O)O)c([C@@H](N)C(F)(F)F)c1O.Cl. The summed E-state index contributed by atoms with van der Waals surface area (Å²) in [5.74, 6) is -2.32. The van der Waals surface area contributed by atoms with Gasteiger partial charge >= 0.3 is 12.1 Å². The largest absolute Gasteiger partial charge is 0.507 e. The number of aryl methyl sites for hydroxylation is 1. The molecule has 0 saturated heterocycles. The summed E-state index contributed by atoms with van der Waals surface area (Å²) < 4.78 is 37.4. The van der Waals surface area contributed by atoms with E-state index in [9.17, 15) is 23.1 Å². The highest BCUT2D eigenvalue weighted by Crippen LogP contribution is 2.38. The Kier molecular flexibility index (Phi) is 5.00. The number of nitrogens with two attached hydrogens (primary N) is 1. The van der Waals surface area contributed by atoms with Crippen LogP contribution in [0, 0.1) is 6.92 Å². The molecule has 8 heteroatoms. The minimum atomic E-state index is -4.82. The number of benzene rings is 1. The average Bonchev–Trinajstić information content (AvgIpc) is 2.19. The van der Waals surface area contributed by atoms with Crippen LogP contribution in [0.25, 0.3) is 0 Å². The van der Waals surface area contributed by atoms with Crippen LogP contribution in [0.4, 0.5) is 13.2 Å². The number of alkyl halides is 3. The Hall–Kier alpha value is -1.47. The molecule has 18 heavy (non-hydrogen) atoms. The van der Waals surface area contributed by atoms with E-state index in [1.807, 2.05) is 0 Å². The number of phenolic OH excluding ortho intramolecular Hbond substituents is 1. The van der Waals surface area contributed by atoms with Gasteiger partial charge in [-0.1, -0.05) is 6.07 Å². The molecule has 1 atom stereocenters. The quantitative estimate of drug-likeness (QED) is 0.779. The van der Waals surface area contributed by atoms with Crippen LogP contribution in [-0.4, -0.2) is 22.4 Å². The van der Waals surface area contributed by atoms with Gasteiger partial charge in [-0.3, -0.25) is 0 Å². The lowest BCUT2D eigenvalue weighted by molar-refractivity contribution is -0.149. The zero-order chi connectivity index (χ0) is 13.4. The molecule has 1 rings (SSSR count). The van der Waals surface area contributed by atoms with Crippen LogP contribution in [-0.2, 0) is 0 Å². The molecule has 4 nitrogen and oxygen atoms in total. The number of aromatic carboxylic acids is 1. The van der Waals surface area contributed by atoms with Crippen molar-refractivity contribution < 1.29 is 28.2 Å². The van der Waals surface area contributed by atoms with Crippen molar-refractivity contribution in [3.63, 3.8) is 0 Å². The van der Waals surface area contributed by atoms with Gasteiger partial charge in [0, 0.05) is 5.56 Å². The van der Waals surface area contributed by atoms with Crippen molar-refractivity contribution in [1.82, 2.24) is 0 Å². The molecule has 0 heterocycles. The van der Waals surface area contributed by atoms with Gasteiger partial charge in [-0.25, -0.2) is 4.79 Å². The van der Waals surface area contributed by atoms with Crippen molar-refractivity contribution in [1.29, 1.82) is 0 Å². The molecule has 0 spiro atoms. The maximum atomic E-state index is 12.5. The molecule has 1 aromatic carbocycles. The van der Waals surface area contributed by atoms with Crippen molar-refractivity contribution >= 4 is 18.4 Å². The predicted octanol–water partition coefficient (Wildman–Crippen LogP) is 2.38. The summed E-state index contributed by atoms with van der Waals surface area (Å²) in [5, 5.41) is 18.3. The first-order valence-corrected chi connectivity index (χ1v) is 4.54. The van der Waals surface area contributed by atoms with E-state index in [0.717, 1.165) is 6.07 Å². The maximum absolute atomic E-state index is 12.5. The maximum Gasteiger partial charge on any atom is 0.407 e. The number of carboxylic acid groups (broad SMARTS) is 1. The molecule has 0 aliphatic carbocycles. The molecule has 0 fully saturated rings. The summed E-state index contributed by atoms with van der Waals surface area (Å²) >= 11 is 0. The molecule has 0 radical (unpaired) electrons. The van der Waals surface area contributed by atoms with E-state index in [0.29, 0.717) is 0 Å².